The third-order valence-electron chi connectivity index (χ3n) is 3.65. The third-order valence-corrected chi connectivity index (χ3v) is 3.65. The van der Waals surface area contributed by atoms with Gasteiger partial charge in [-0.15, -0.1) is 6.58 Å². The number of carbonyl (C=O) groups excluding carboxylic acids is 2. The van der Waals surface area contributed by atoms with Gasteiger partial charge in [0.15, 0.2) is 0 Å². The number of hydrogen-bond acceptors (Lipinski definition) is 3. The molecule has 0 unspecified atom stereocenters. The molecule has 0 aliphatic rings. The summed E-state index contributed by atoms with van der Waals surface area (Å²) in [5, 5.41) is 5.58. The van der Waals surface area contributed by atoms with Gasteiger partial charge in [0, 0.05) is 24.3 Å². The molecule has 1 rings (SSSR count). The average Bonchev–Trinajstić information content (AvgIpc) is 2.51. The number of allylic oxidation sites excluding steroid dienone is 1. The summed E-state index contributed by atoms with van der Waals surface area (Å²) in [7, 11) is 0. The van der Waals surface area contributed by atoms with E-state index in [1.165, 1.54) is 6.92 Å². The van der Waals surface area contributed by atoms with Crippen LogP contribution in [0, 0.1) is 0 Å². The number of nitrogens with one attached hydrogen (secondary N) is 2. The predicted molar refractivity (Wildman–Crippen MR) is 95.5 cm³/mol. The molecule has 0 aromatic heterocycles. The highest BCUT2D eigenvalue weighted by Crippen LogP contribution is 2.14. The lowest BCUT2D eigenvalue weighted by molar-refractivity contribution is -0.118. The molecule has 126 valence electrons. The molecule has 0 fully saturated rings. The van der Waals surface area contributed by atoms with E-state index in [-0.39, 0.29) is 11.8 Å². The SMILES string of the molecule is C=CCC[C@@H](C)N(CC)CC(=O)Nc1ccc(NC(C)=O)cc1. The summed E-state index contributed by atoms with van der Waals surface area (Å²) in [6.45, 7) is 10.6. The van der Waals surface area contributed by atoms with Crippen molar-refractivity contribution in [3.63, 3.8) is 0 Å². The Morgan fingerprint density at radius 1 is 1.22 bits per heavy atom. The van der Waals surface area contributed by atoms with Crippen LogP contribution in [0.15, 0.2) is 36.9 Å². The zero-order valence-corrected chi connectivity index (χ0v) is 14.3. The van der Waals surface area contributed by atoms with Crippen LogP contribution in [0.3, 0.4) is 0 Å². The zero-order valence-electron chi connectivity index (χ0n) is 14.3. The fourth-order valence-electron chi connectivity index (χ4n) is 2.35. The van der Waals surface area contributed by atoms with Crippen LogP contribution in [0.4, 0.5) is 11.4 Å². The molecule has 0 bridgehead atoms. The van der Waals surface area contributed by atoms with Crippen molar-refractivity contribution >= 4 is 23.2 Å². The van der Waals surface area contributed by atoms with Crippen molar-refractivity contribution in [2.24, 2.45) is 0 Å². The highest BCUT2D eigenvalue weighted by molar-refractivity contribution is 5.93. The van der Waals surface area contributed by atoms with Gasteiger partial charge in [-0.2, -0.15) is 0 Å². The van der Waals surface area contributed by atoms with Gasteiger partial charge < -0.3 is 10.6 Å². The number of benzene rings is 1. The Labute approximate surface area is 138 Å². The number of likely N-dealkylation sites (N-methyl/N-ethyl adjacent to an activating group) is 1. The van der Waals surface area contributed by atoms with Gasteiger partial charge in [-0.25, -0.2) is 0 Å². The first kappa shape index (κ1) is 18.9. The standard InChI is InChI=1S/C18H27N3O2/c1-5-7-8-14(3)21(6-2)13-18(23)20-17-11-9-16(10-12-17)19-15(4)22/h5,9-12,14H,1,6-8,13H2,2-4H3,(H,19,22)(H,20,23)/t14-/m1/s1. The second kappa shape index (κ2) is 9.79. The van der Waals surface area contributed by atoms with Gasteiger partial charge >= 0.3 is 0 Å². The first-order chi connectivity index (χ1) is 11.0. The van der Waals surface area contributed by atoms with Crippen LogP contribution in [0.2, 0.25) is 0 Å². The molecule has 0 radical (unpaired) electrons. The Bertz CT molecular complexity index is 526. The van der Waals surface area contributed by atoms with Crippen molar-refractivity contribution < 1.29 is 9.59 Å². The minimum atomic E-state index is -0.117. The number of amides is 2. The summed E-state index contributed by atoms with van der Waals surface area (Å²) < 4.78 is 0. The molecular formula is C18H27N3O2. The molecule has 0 saturated heterocycles. The van der Waals surface area contributed by atoms with E-state index in [2.05, 4.69) is 36.0 Å². The maximum absolute atomic E-state index is 12.2. The fraction of sp³-hybridized carbons (Fsp3) is 0.444. The number of carbonyl (C=O) groups is 2. The van der Waals surface area contributed by atoms with Crippen LogP contribution >= 0.6 is 0 Å². The maximum Gasteiger partial charge on any atom is 0.238 e. The molecule has 5 nitrogen and oxygen atoms in total. The minimum absolute atomic E-state index is 0.0374. The van der Waals surface area contributed by atoms with E-state index in [9.17, 15) is 9.59 Å². The Kier molecular flexibility index (Phi) is 8.05. The van der Waals surface area contributed by atoms with Crippen molar-refractivity contribution in [2.75, 3.05) is 23.7 Å². The van der Waals surface area contributed by atoms with Crippen molar-refractivity contribution in [3.05, 3.63) is 36.9 Å². The average molecular weight is 317 g/mol. The molecule has 23 heavy (non-hydrogen) atoms. The van der Waals surface area contributed by atoms with Gasteiger partial charge in [-0.3, -0.25) is 14.5 Å². The summed E-state index contributed by atoms with van der Waals surface area (Å²) in [6, 6.07) is 7.43. The van der Waals surface area contributed by atoms with Crippen LogP contribution in [0.1, 0.15) is 33.6 Å². The van der Waals surface area contributed by atoms with Crippen LogP contribution in [0.5, 0.6) is 0 Å². The smallest absolute Gasteiger partial charge is 0.238 e. The second-order valence-corrected chi connectivity index (χ2v) is 5.58. The molecule has 0 heterocycles. The van der Waals surface area contributed by atoms with Gasteiger partial charge in [0.25, 0.3) is 0 Å². The van der Waals surface area contributed by atoms with E-state index in [1.807, 2.05) is 6.08 Å². The molecule has 0 aliphatic carbocycles. The monoisotopic (exact) mass is 317 g/mol. The molecule has 5 heteroatoms. The number of nitrogens with zero attached hydrogens (tertiary/aromatic N) is 1. The van der Waals surface area contributed by atoms with Gasteiger partial charge in [-0.05, 0) is 50.6 Å². The van der Waals surface area contributed by atoms with Crippen molar-refractivity contribution in [3.8, 4) is 0 Å². The van der Waals surface area contributed by atoms with E-state index in [0.717, 1.165) is 25.1 Å². The molecule has 0 saturated carbocycles. The Morgan fingerprint density at radius 2 is 1.78 bits per heavy atom. The van der Waals surface area contributed by atoms with Crippen molar-refractivity contribution in [1.29, 1.82) is 0 Å². The first-order valence-electron chi connectivity index (χ1n) is 7.98. The van der Waals surface area contributed by atoms with E-state index in [1.54, 1.807) is 24.3 Å². The molecule has 1 aromatic carbocycles. The first-order valence-corrected chi connectivity index (χ1v) is 7.98. The van der Waals surface area contributed by atoms with E-state index in [0.29, 0.717) is 18.3 Å². The Balaban J connectivity index is 2.54. The van der Waals surface area contributed by atoms with E-state index in [4.69, 9.17) is 0 Å². The highest BCUT2D eigenvalue weighted by Gasteiger charge is 2.15. The maximum atomic E-state index is 12.2. The summed E-state index contributed by atoms with van der Waals surface area (Å²) >= 11 is 0. The van der Waals surface area contributed by atoms with E-state index < -0.39 is 0 Å². The van der Waals surface area contributed by atoms with E-state index >= 15 is 0 Å². The molecular weight excluding hydrogens is 290 g/mol. The molecule has 2 amide bonds. The summed E-state index contributed by atoms with van der Waals surface area (Å²) in [5.41, 5.74) is 1.43. The molecule has 0 spiro atoms. The fourth-order valence-corrected chi connectivity index (χ4v) is 2.35. The zero-order chi connectivity index (χ0) is 17.2. The molecule has 1 atom stereocenters. The summed E-state index contributed by atoms with van der Waals surface area (Å²) in [6.07, 6.45) is 3.85. The third kappa shape index (κ3) is 7.10. The quantitative estimate of drug-likeness (QED) is 0.687. The lowest BCUT2D eigenvalue weighted by Crippen LogP contribution is -2.39. The molecule has 2 N–H and O–H groups in total. The number of hydrogen-bond donors (Lipinski definition) is 2. The highest BCUT2D eigenvalue weighted by atomic mass is 16.2. The predicted octanol–water partition coefficient (Wildman–Crippen LogP) is 3.26. The van der Waals surface area contributed by atoms with Gasteiger partial charge in [0.1, 0.15) is 0 Å². The Hall–Kier alpha value is -2.14. The lowest BCUT2D eigenvalue weighted by Gasteiger charge is -2.26. The number of rotatable bonds is 9. The van der Waals surface area contributed by atoms with Crippen LogP contribution in [-0.2, 0) is 9.59 Å². The van der Waals surface area contributed by atoms with Gasteiger partial charge in [0.2, 0.25) is 11.8 Å². The topological polar surface area (TPSA) is 61.4 Å². The molecule has 1 aromatic rings. The van der Waals surface area contributed by atoms with Crippen molar-refractivity contribution in [2.45, 2.75) is 39.7 Å². The van der Waals surface area contributed by atoms with Gasteiger partial charge in [0.05, 0.1) is 6.54 Å². The second-order valence-electron chi connectivity index (χ2n) is 5.58. The van der Waals surface area contributed by atoms with Crippen LogP contribution in [0.25, 0.3) is 0 Å². The summed E-state index contributed by atoms with van der Waals surface area (Å²) in [5.74, 6) is -0.154. The summed E-state index contributed by atoms with van der Waals surface area (Å²) in [4.78, 5) is 25.3. The van der Waals surface area contributed by atoms with Crippen LogP contribution in [-0.4, -0.2) is 35.8 Å². The van der Waals surface area contributed by atoms with Gasteiger partial charge in [-0.1, -0.05) is 13.0 Å². The Morgan fingerprint density at radius 3 is 2.26 bits per heavy atom. The van der Waals surface area contributed by atoms with Crippen LogP contribution < -0.4 is 10.6 Å². The normalized spacial score (nSPS) is 11.8. The minimum Gasteiger partial charge on any atom is -0.326 e. The largest absolute Gasteiger partial charge is 0.326 e. The van der Waals surface area contributed by atoms with Crippen molar-refractivity contribution in [1.82, 2.24) is 4.90 Å². The number of anilines is 2. The lowest BCUT2D eigenvalue weighted by atomic mass is 10.1. The molecule has 0 aliphatic heterocycles.